The third-order valence-electron chi connectivity index (χ3n) is 5.35. The number of ketones is 1. The number of hydrogen-bond donors (Lipinski definition) is 1. The van der Waals surface area contributed by atoms with Gasteiger partial charge in [-0.1, -0.05) is 34.8 Å². The summed E-state index contributed by atoms with van der Waals surface area (Å²) in [5.41, 5.74) is 1.93. The minimum atomic E-state index is -1.32. The van der Waals surface area contributed by atoms with Gasteiger partial charge in [-0.05, 0) is 47.5 Å². The molecule has 1 N–H and O–H groups in total. The van der Waals surface area contributed by atoms with E-state index in [9.17, 15) is 14.8 Å². The van der Waals surface area contributed by atoms with E-state index in [4.69, 9.17) is 58.0 Å². The number of carbonyl (C=O) groups is 2. The van der Waals surface area contributed by atoms with Crippen LogP contribution < -0.4 is 10.0 Å². The fourth-order valence-corrected chi connectivity index (χ4v) is 5.30. The second kappa shape index (κ2) is 9.32. The molecule has 2 atom stereocenters. The van der Waals surface area contributed by atoms with Crippen LogP contribution in [0.25, 0.3) is 0 Å². The van der Waals surface area contributed by atoms with Crippen LogP contribution in [0.2, 0.25) is 15.1 Å². The SMILES string of the molecule is O=C(Cc1cc[n+]([O-])cc1)c1cc(NC(=O)C2C(c3cc(Cl)cc(Cl)c3)C2(Cl)Cl)ccc1Cl. The van der Waals surface area contributed by atoms with E-state index >= 15 is 0 Å². The van der Waals surface area contributed by atoms with Gasteiger partial charge in [0.15, 0.2) is 18.2 Å². The number of pyridine rings is 1. The Morgan fingerprint density at radius 3 is 2.24 bits per heavy atom. The molecular weight excluding hydrogens is 530 g/mol. The lowest BCUT2D eigenvalue weighted by molar-refractivity contribution is -0.605. The molecule has 5 nitrogen and oxygen atoms in total. The molecule has 1 heterocycles. The summed E-state index contributed by atoms with van der Waals surface area (Å²) in [5, 5.41) is 15.0. The number of hydrogen-bond acceptors (Lipinski definition) is 3. The number of rotatable bonds is 6. The second-order valence-corrected chi connectivity index (χ2v) is 10.4. The summed E-state index contributed by atoms with van der Waals surface area (Å²) >= 11 is 31.2. The van der Waals surface area contributed by atoms with Crippen molar-refractivity contribution >= 4 is 75.4 Å². The van der Waals surface area contributed by atoms with E-state index in [-0.39, 0.29) is 22.8 Å². The first-order chi connectivity index (χ1) is 15.6. The van der Waals surface area contributed by atoms with Crippen molar-refractivity contribution in [3.8, 4) is 0 Å². The third kappa shape index (κ3) is 5.23. The highest BCUT2D eigenvalue weighted by Gasteiger charge is 2.67. The average Bonchev–Trinajstić information content (AvgIpc) is 3.32. The molecule has 1 aliphatic carbocycles. The van der Waals surface area contributed by atoms with Crippen LogP contribution in [-0.2, 0) is 11.2 Å². The van der Waals surface area contributed by atoms with Gasteiger partial charge in [-0.3, -0.25) is 9.59 Å². The quantitative estimate of drug-likeness (QED) is 0.173. The molecular formula is C23H15Cl5N2O3. The molecule has 0 saturated heterocycles. The largest absolute Gasteiger partial charge is 0.619 e. The van der Waals surface area contributed by atoms with Gasteiger partial charge in [0.1, 0.15) is 4.33 Å². The van der Waals surface area contributed by atoms with E-state index in [1.165, 1.54) is 24.5 Å². The maximum absolute atomic E-state index is 12.9. The Labute approximate surface area is 214 Å². The molecule has 1 saturated carbocycles. The van der Waals surface area contributed by atoms with E-state index in [1.54, 1.807) is 36.4 Å². The van der Waals surface area contributed by atoms with Crippen molar-refractivity contribution in [2.75, 3.05) is 5.32 Å². The molecule has 10 heteroatoms. The number of nitrogens with one attached hydrogen (secondary N) is 1. The number of halogens is 5. The van der Waals surface area contributed by atoms with Gasteiger partial charge in [-0.15, -0.1) is 23.2 Å². The first kappa shape index (κ1) is 24.1. The molecule has 0 aliphatic heterocycles. The van der Waals surface area contributed by atoms with Crippen molar-refractivity contribution in [2.45, 2.75) is 16.7 Å². The van der Waals surface area contributed by atoms with Crippen LogP contribution >= 0.6 is 58.0 Å². The lowest BCUT2D eigenvalue weighted by Crippen LogP contribution is -2.24. The van der Waals surface area contributed by atoms with Gasteiger partial charge in [0.05, 0.1) is 10.9 Å². The molecule has 0 radical (unpaired) electrons. The van der Waals surface area contributed by atoms with Gasteiger partial charge in [-0.2, -0.15) is 4.73 Å². The standard InChI is InChI=1S/C23H15Cl5N2O3/c24-14-8-13(9-15(25)10-14)20-21(23(20,27)28)22(32)29-16-1-2-18(26)17(11-16)19(31)7-12-3-5-30(33)6-4-12/h1-6,8-11,20-21H,7H2,(H,29,32). The first-order valence-electron chi connectivity index (χ1n) is 9.71. The predicted molar refractivity (Wildman–Crippen MR) is 131 cm³/mol. The minimum absolute atomic E-state index is 0.0463. The topological polar surface area (TPSA) is 73.1 Å². The van der Waals surface area contributed by atoms with Crippen molar-refractivity contribution in [3.05, 3.63) is 97.9 Å². The molecule has 1 aliphatic rings. The predicted octanol–water partition coefficient (Wildman–Crippen LogP) is 6.23. The third-order valence-corrected chi connectivity index (χ3v) is 7.06. The molecule has 0 spiro atoms. The molecule has 1 amide bonds. The second-order valence-electron chi connectivity index (χ2n) is 7.68. The number of alkyl halides is 2. The van der Waals surface area contributed by atoms with Gasteiger partial charge in [0.25, 0.3) is 0 Å². The number of nitrogens with zero attached hydrogens (tertiary/aromatic N) is 1. The summed E-state index contributed by atoms with van der Waals surface area (Å²) < 4.78 is -0.692. The minimum Gasteiger partial charge on any atom is -0.619 e. The first-order valence-corrected chi connectivity index (χ1v) is 11.6. The summed E-state index contributed by atoms with van der Waals surface area (Å²) in [6.07, 6.45) is 2.67. The molecule has 1 fully saturated rings. The summed E-state index contributed by atoms with van der Waals surface area (Å²) in [4.78, 5) is 25.7. The Morgan fingerprint density at radius 1 is 0.970 bits per heavy atom. The van der Waals surface area contributed by atoms with Crippen molar-refractivity contribution in [2.24, 2.45) is 5.92 Å². The highest BCUT2D eigenvalue weighted by molar-refractivity contribution is 6.53. The summed E-state index contributed by atoms with van der Waals surface area (Å²) in [6.45, 7) is 0. The summed E-state index contributed by atoms with van der Waals surface area (Å²) in [7, 11) is 0. The Balaban J connectivity index is 1.50. The van der Waals surface area contributed by atoms with Crippen LogP contribution in [0, 0.1) is 11.1 Å². The van der Waals surface area contributed by atoms with E-state index in [0.29, 0.717) is 31.6 Å². The number of carbonyl (C=O) groups excluding carboxylic acids is 2. The number of Topliss-reactive ketones (excluding diaryl/α,β-unsaturated/α-hetero) is 1. The number of anilines is 1. The lowest BCUT2D eigenvalue weighted by Gasteiger charge is -2.09. The van der Waals surface area contributed by atoms with Gasteiger partial charge in [0, 0.05) is 45.8 Å². The molecule has 4 rings (SSSR count). The van der Waals surface area contributed by atoms with Crippen LogP contribution in [0.3, 0.4) is 0 Å². The van der Waals surface area contributed by atoms with Gasteiger partial charge >= 0.3 is 0 Å². The van der Waals surface area contributed by atoms with Crippen molar-refractivity contribution in [3.63, 3.8) is 0 Å². The molecule has 0 bridgehead atoms. The Hall–Kier alpha value is -2.02. The molecule has 1 aromatic heterocycles. The van der Waals surface area contributed by atoms with Gasteiger partial charge in [-0.25, -0.2) is 0 Å². The van der Waals surface area contributed by atoms with E-state index < -0.39 is 22.1 Å². The fourth-order valence-electron chi connectivity index (χ4n) is 3.70. The summed E-state index contributed by atoms with van der Waals surface area (Å²) in [5.74, 6) is -1.91. The number of amides is 1. The van der Waals surface area contributed by atoms with Gasteiger partial charge < -0.3 is 10.5 Å². The normalized spacial score (nSPS) is 18.6. The molecule has 170 valence electrons. The highest BCUT2D eigenvalue weighted by atomic mass is 35.5. The van der Waals surface area contributed by atoms with Crippen LogP contribution in [0.15, 0.2) is 60.9 Å². The highest BCUT2D eigenvalue weighted by Crippen LogP contribution is 2.65. The lowest BCUT2D eigenvalue weighted by atomic mass is 10.0. The van der Waals surface area contributed by atoms with Crippen LogP contribution in [0.4, 0.5) is 5.69 Å². The average molecular weight is 545 g/mol. The molecule has 33 heavy (non-hydrogen) atoms. The zero-order chi connectivity index (χ0) is 23.9. The number of benzene rings is 2. The van der Waals surface area contributed by atoms with E-state index in [2.05, 4.69) is 5.32 Å². The zero-order valence-corrected chi connectivity index (χ0v) is 20.5. The van der Waals surface area contributed by atoms with Crippen molar-refractivity contribution in [1.29, 1.82) is 0 Å². The van der Waals surface area contributed by atoms with Crippen LogP contribution in [0.5, 0.6) is 0 Å². The van der Waals surface area contributed by atoms with Crippen molar-refractivity contribution in [1.82, 2.24) is 0 Å². The number of aromatic nitrogens is 1. The molecule has 2 unspecified atom stereocenters. The molecule has 2 aromatic carbocycles. The van der Waals surface area contributed by atoms with Gasteiger partial charge in [0.2, 0.25) is 5.91 Å². The maximum atomic E-state index is 12.9. The van der Waals surface area contributed by atoms with Crippen LogP contribution in [-0.4, -0.2) is 16.0 Å². The molecule has 3 aromatic rings. The van der Waals surface area contributed by atoms with E-state index in [1.807, 2.05) is 0 Å². The smallest absolute Gasteiger partial charge is 0.231 e. The zero-order valence-electron chi connectivity index (χ0n) is 16.7. The maximum Gasteiger partial charge on any atom is 0.231 e. The van der Waals surface area contributed by atoms with Crippen molar-refractivity contribution < 1.29 is 14.3 Å². The Morgan fingerprint density at radius 2 is 1.61 bits per heavy atom. The van der Waals surface area contributed by atoms with E-state index in [0.717, 1.165) is 0 Å². The fraction of sp³-hybridized carbons (Fsp3) is 0.174. The Kier molecular flexibility index (Phi) is 6.81. The summed E-state index contributed by atoms with van der Waals surface area (Å²) in [6, 6.07) is 12.6. The monoisotopic (exact) mass is 542 g/mol. The Bertz CT molecular complexity index is 1230. The van der Waals surface area contributed by atoms with Crippen LogP contribution in [0.1, 0.15) is 27.4 Å².